The Labute approximate surface area is 405 Å². The summed E-state index contributed by atoms with van der Waals surface area (Å²) in [6.45, 7) is 9.86. The van der Waals surface area contributed by atoms with Crippen molar-refractivity contribution in [3.8, 4) is 39.5 Å². The summed E-state index contributed by atoms with van der Waals surface area (Å²) < 4.78 is 14.4. The number of benzene rings is 9. The summed E-state index contributed by atoms with van der Waals surface area (Å²) in [5, 5.41) is 5.75. The van der Waals surface area contributed by atoms with Crippen LogP contribution in [0.4, 0.5) is 39.8 Å². The van der Waals surface area contributed by atoms with E-state index >= 15 is 0 Å². The molecule has 3 aliphatic rings. The van der Waals surface area contributed by atoms with Crippen LogP contribution in [0, 0.1) is 0 Å². The molecule has 0 aliphatic carbocycles. The van der Waals surface area contributed by atoms with Gasteiger partial charge in [0.15, 0.2) is 17.6 Å². The predicted molar refractivity (Wildman–Crippen MR) is 291 cm³/mol. The van der Waals surface area contributed by atoms with Crippen LogP contribution in [0.25, 0.3) is 44.8 Å². The van der Waals surface area contributed by atoms with E-state index in [1.165, 1.54) is 43.5 Å². The van der Waals surface area contributed by atoms with Crippen molar-refractivity contribution >= 4 is 87.8 Å². The van der Waals surface area contributed by atoms with Crippen LogP contribution >= 0.6 is 0 Å². The molecular formula is C61H50N4O2Si2. The van der Waals surface area contributed by atoms with Crippen LogP contribution in [-0.2, 0) is 0 Å². The lowest BCUT2D eigenvalue weighted by molar-refractivity contribution is 0.236. The number of hydrogen-bond acceptors (Lipinski definition) is 6. The molecule has 13 rings (SSSR count). The van der Waals surface area contributed by atoms with E-state index in [0.717, 1.165) is 67.3 Å². The van der Waals surface area contributed by atoms with Gasteiger partial charge in [0.1, 0.15) is 21.7 Å². The first-order valence-electron chi connectivity index (χ1n) is 23.9. The lowest BCUT2D eigenvalue weighted by Crippen LogP contribution is -2.58. The van der Waals surface area contributed by atoms with Gasteiger partial charge in [-0.2, -0.15) is 0 Å². The third-order valence-corrected chi connectivity index (χ3v) is 22.0. The molecule has 10 aromatic rings. The molecule has 0 N–H and O–H groups in total. The molecule has 0 radical (unpaired) electrons. The average Bonchev–Trinajstić information content (AvgIpc) is 3.98. The molecule has 0 spiro atoms. The fourth-order valence-electron chi connectivity index (χ4n) is 11.5. The number of oxazole rings is 1. The van der Waals surface area contributed by atoms with Crippen molar-refractivity contribution < 1.29 is 9.15 Å². The zero-order valence-corrected chi connectivity index (χ0v) is 41.3. The molecule has 3 aliphatic heterocycles. The Kier molecular flexibility index (Phi) is 9.31. The first kappa shape index (κ1) is 41.3. The number of para-hydroxylation sites is 4. The molecule has 0 saturated heterocycles. The maximum Gasteiger partial charge on any atom is 0.227 e. The Balaban J connectivity index is 1.01. The number of anilines is 7. The van der Waals surface area contributed by atoms with E-state index in [9.17, 15) is 0 Å². The van der Waals surface area contributed by atoms with Crippen molar-refractivity contribution in [2.45, 2.75) is 32.4 Å². The number of aromatic nitrogens is 1. The van der Waals surface area contributed by atoms with Crippen molar-refractivity contribution in [3.05, 3.63) is 212 Å². The summed E-state index contributed by atoms with van der Waals surface area (Å²) in [6, 6.07) is 74.5. The molecule has 1 unspecified atom stereocenters. The molecule has 0 fully saturated rings. The third kappa shape index (κ3) is 6.25. The molecule has 9 aromatic carbocycles. The zero-order chi connectivity index (χ0) is 46.6. The number of rotatable bonds is 6. The van der Waals surface area contributed by atoms with Crippen molar-refractivity contribution in [2.24, 2.45) is 0 Å². The Morgan fingerprint density at radius 2 is 0.841 bits per heavy atom. The van der Waals surface area contributed by atoms with Gasteiger partial charge in [0.2, 0.25) is 5.89 Å². The highest BCUT2D eigenvalue weighted by atomic mass is 28.3. The highest BCUT2D eigenvalue weighted by Crippen LogP contribution is 2.57. The second kappa shape index (κ2) is 15.6. The van der Waals surface area contributed by atoms with Crippen LogP contribution < -0.4 is 40.2 Å². The molecule has 4 heterocycles. The van der Waals surface area contributed by atoms with Gasteiger partial charge in [-0.15, -0.1) is 0 Å². The van der Waals surface area contributed by atoms with Gasteiger partial charge in [0, 0.05) is 52.3 Å². The van der Waals surface area contributed by atoms with E-state index in [0.29, 0.717) is 5.89 Å². The summed E-state index contributed by atoms with van der Waals surface area (Å²) >= 11 is 0. The van der Waals surface area contributed by atoms with Gasteiger partial charge in [0.25, 0.3) is 0 Å². The van der Waals surface area contributed by atoms with Gasteiger partial charge in [-0.25, -0.2) is 4.98 Å². The molecule has 0 amide bonds. The lowest BCUT2D eigenvalue weighted by Gasteiger charge is -2.41. The molecule has 334 valence electrons. The molecule has 0 bridgehead atoms. The van der Waals surface area contributed by atoms with Crippen LogP contribution in [0.2, 0.25) is 26.2 Å². The first-order valence-corrected chi connectivity index (χ1v) is 29.9. The SMILES string of the molecule is CN1c2c(c(-c3ccc(N4c5ccccc5[Si](C)(C)c5ccccc54)cc3)c3nc(-c4ccccc4)oc3c2-c2ccc(N3c4ccccc4[Si](C)(C)c4ccccc43)cc2)OC1c1ccccc1. The molecular weight excluding hydrogens is 877 g/mol. The normalized spacial score (nSPS) is 16.0. The molecule has 69 heavy (non-hydrogen) atoms. The number of hydrogen-bond donors (Lipinski definition) is 0. The van der Waals surface area contributed by atoms with Gasteiger partial charge < -0.3 is 23.9 Å². The van der Waals surface area contributed by atoms with Gasteiger partial charge in [-0.1, -0.05) is 172 Å². The second-order valence-electron chi connectivity index (χ2n) is 19.6. The largest absolute Gasteiger partial charge is 0.463 e. The minimum atomic E-state index is -1.94. The number of nitrogens with zero attached hydrogens (tertiary/aromatic N) is 4. The molecule has 8 heteroatoms. The first-order chi connectivity index (χ1) is 33.7. The van der Waals surface area contributed by atoms with Crippen molar-refractivity contribution in [1.29, 1.82) is 0 Å². The monoisotopic (exact) mass is 926 g/mol. The van der Waals surface area contributed by atoms with Crippen molar-refractivity contribution in [1.82, 2.24) is 4.98 Å². The van der Waals surface area contributed by atoms with Crippen LogP contribution in [-0.4, -0.2) is 28.2 Å². The molecule has 1 atom stereocenters. The fraction of sp³-hybridized carbons (Fsp3) is 0.0984. The lowest BCUT2D eigenvalue weighted by atomic mass is 9.94. The maximum absolute atomic E-state index is 7.29. The predicted octanol–water partition coefficient (Wildman–Crippen LogP) is 13.6. The van der Waals surface area contributed by atoms with E-state index in [1.807, 2.05) is 18.2 Å². The Morgan fingerprint density at radius 3 is 1.30 bits per heavy atom. The van der Waals surface area contributed by atoms with Crippen molar-refractivity contribution in [2.75, 3.05) is 21.7 Å². The highest BCUT2D eigenvalue weighted by Gasteiger charge is 2.42. The smallest absolute Gasteiger partial charge is 0.227 e. The Morgan fingerprint density at radius 1 is 0.435 bits per heavy atom. The minimum absolute atomic E-state index is 0.375. The van der Waals surface area contributed by atoms with E-state index in [1.54, 1.807) is 0 Å². The van der Waals surface area contributed by atoms with Gasteiger partial charge in [0.05, 0.1) is 16.8 Å². The maximum atomic E-state index is 7.29. The summed E-state index contributed by atoms with van der Waals surface area (Å²) in [5.41, 5.74) is 15.5. The zero-order valence-electron chi connectivity index (χ0n) is 39.3. The van der Waals surface area contributed by atoms with E-state index in [2.05, 4.69) is 236 Å². The standard InChI is InChI=1S/C61H50N4O2Si2/c1-63-57-55(41-34-38-45(39-35-41)65-48-26-14-18-30-52(48)69(4,5)53-31-19-15-27-49(53)65)58-56(62-60(66-58)42-20-8-6-9-21-42)54(59(57)67-61(63)43-22-10-7-11-23-43)40-32-36-44(37-33-40)64-46-24-12-16-28-50(46)68(2,3)51-29-17-13-25-47(51)64/h6-39,61H,1-5H3. The van der Waals surface area contributed by atoms with E-state index < -0.39 is 16.1 Å². The Hall–Kier alpha value is -7.92. The highest BCUT2D eigenvalue weighted by molar-refractivity contribution is 7.03. The summed E-state index contributed by atoms with van der Waals surface area (Å²) in [6.07, 6.45) is -0.375. The fourth-order valence-corrected chi connectivity index (χ4v) is 17.4. The van der Waals surface area contributed by atoms with Crippen LogP contribution in [0.15, 0.2) is 211 Å². The van der Waals surface area contributed by atoms with Crippen LogP contribution in [0.5, 0.6) is 5.75 Å². The van der Waals surface area contributed by atoms with Gasteiger partial charge in [-0.3, -0.25) is 0 Å². The molecule has 0 saturated carbocycles. The average molecular weight is 927 g/mol. The third-order valence-electron chi connectivity index (χ3n) is 14.9. The van der Waals surface area contributed by atoms with E-state index in [4.69, 9.17) is 14.1 Å². The summed E-state index contributed by atoms with van der Waals surface area (Å²) in [4.78, 5) is 12.6. The molecule has 1 aromatic heterocycles. The van der Waals surface area contributed by atoms with Gasteiger partial charge >= 0.3 is 0 Å². The van der Waals surface area contributed by atoms with Gasteiger partial charge in [-0.05, 0) is 92.5 Å². The van der Waals surface area contributed by atoms with Crippen LogP contribution in [0.3, 0.4) is 0 Å². The minimum Gasteiger partial charge on any atom is -0.463 e. The van der Waals surface area contributed by atoms with Crippen LogP contribution in [0.1, 0.15) is 11.8 Å². The molecule has 6 nitrogen and oxygen atoms in total. The van der Waals surface area contributed by atoms with Crippen molar-refractivity contribution in [3.63, 3.8) is 0 Å². The topological polar surface area (TPSA) is 45.0 Å². The van der Waals surface area contributed by atoms with E-state index in [-0.39, 0.29) is 6.23 Å². The quantitative estimate of drug-likeness (QED) is 0.155. The number of ether oxygens (including phenoxy) is 1. The second-order valence-corrected chi connectivity index (χ2v) is 28.2. The number of fused-ring (bicyclic) bond motifs is 6. The summed E-state index contributed by atoms with van der Waals surface area (Å²) in [7, 11) is -1.75. The Bertz CT molecular complexity index is 3530. The summed E-state index contributed by atoms with van der Waals surface area (Å²) in [5.74, 6) is 1.35.